The van der Waals surface area contributed by atoms with Gasteiger partial charge in [-0.1, -0.05) is 91.4 Å². The van der Waals surface area contributed by atoms with Crippen LogP contribution in [-0.2, 0) is 4.79 Å². The number of unbranched alkanes of at least 4 members (excludes halogenated alkanes) is 5. The average molecular weight is 297 g/mol. The summed E-state index contributed by atoms with van der Waals surface area (Å²) in [7, 11) is 0. The molecule has 0 aromatic carbocycles. The molecule has 2 atom stereocenters. The van der Waals surface area contributed by atoms with E-state index in [1.54, 1.807) is 6.92 Å². The van der Waals surface area contributed by atoms with Crippen LogP contribution < -0.4 is 0 Å². The van der Waals surface area contributed by atoms with Crippen LogP contribution >= 0.6 is 0 Å². The number of carbonyl (C=O) groups is 1. The molecule has 0 radical (unpaired) electrons. The van der Waals surface area contributed by atoms with E-state index in [-0.39, 0.29) is 0 Å². The van der Waals surface area contributed by atoms with Gasteiger partial charge >= 0.3 is 0 Å². The van der Waals surface area contributed by atoms with Gasteiger partial charge in [0.2, 0.25) is 0 Å². The lowest BCUT2D eigenvalue weighted by Crippen LogP contribution is -1.98. The first-order chi connectivity index (χ1) is 10.1. The van der Waals surface area contributed by atoms with Gasteiger partial charge in [-0.25, -0.2) is 0 Å². The second kappa shape index (κ2) is 14.6. The van der Waals surface area contributed by atoms with Gasteiger partial charge in [0.05, 0.1) is 0 Å². The first-order valence-corrected chi connectivity index (χ1v) is 9.55. The number of rotatable bonds is 15. The molecule has 0 bridgehead atoms. The normalized spacial score (nSPS) is 14.1. The lowest BCUT2D eigenvalue weighted by molar-refractivity contribution is -0.117. The third kappa shape index (κ3) is 15.9. The molecule has 0 aliphatic carbocycles. The van der Waals surface area contributed by atoms with Gasteiger partial charge in [0.15, 0.2) is 0 Å². The number of hydrogen-bond donors (Lipinski definition) is 0. The fourth-order valence-electron chi connectivity index (χ4n) is 3.06. The van der Waals surface area contributed by atoms with Crippen molar-refractivity contribution in [1.82, 2.24) is 0 Å². The van der Waals surface area contributed by atoms with Gasteiger partial charge in [-0.05, 0) is 25.2 Å². The van der Waals surface area contributed by atoms with Crippen LogP contribution in [0.1, 0.15) is 111 Å². The molecule has 0 saturated carbocycles. The van der Waals surface area contributed by atoms with Crippen molar-refractivity contribution in [2.24, 2.45) is 11.8 Å². The van der Waals surface area contributed by atoms with E-state index in [1.807, 2.05) is 0 Å². The zero-order valence-electron chi connectivity index (χ0n) is 15.3. The molecule has 0 rings (SSSR count). The smallest absolute Gasteiger partial charge is 0.129 e. The Morgan fingerprint density at radius 3 is 1.62 bits per heavy atom. The maximum absolute atomic E-state index is 10.9. The molecule has 1 nitrogen and oxygen atoms in total. The molecular weight excluding hydrogens is 256 g/mol. The van der Waals surface area contributed by atoms with Gasteiger partial charge in [0.25, 0.3) is 0 Å². The molecule has 0 aliphatic rings. The molecule has 21 heavy (non-hydrogen) atoms. The van der Waals surface area contributed by atoms with Gasteiger partial charge in [-0.3, -0.25) is 0 Å². The largest absolute Gasteiger partial charge is 0.300 e. The van der Waals surface area contributed by atoms with Gasteiger partial charge < -0.3 is 4.79 Å². The predicted molar refractivity (Wildman–Crippen MR) is 94.7 cm³/mol. The molecule has 1 heteroatoms. The number of hydrogen-bond acceptors (Lipinski definition) is 1. The van der Waals surface area contributed by atoms with Gasteiger partial charge in [0, 0.05) is 6.42 Å². The topological polar surface area (TPSA) is 17.1 Å². The molecule has 0 aromatic rings. The average Bonchev–Trinajstić information content (AvgIpc) is 2.43. The van der Waals surface area contributed by atoms with E-state index in [0.717, 1.165) is 24.7 Å². The maximum atomic E-state index is 10.9. The van der Waals surface area contributed by atoms with E-state index in [0.29, 0.717) is 5.78 Å². The molecule has 0 amide bonds. The van der Waals surface area contributed by atoms with Crippen LogP contribution in [0.2, 0.25) is 0 Å². The molecule has 0 N–H and O–H groups in total. The summed E-state index contributed by atoms with van der Waals surface area (Å²) in [4.78, 5) is 10.9. The molecule has 0 saturated heterocycles. The standard InChI is InChI=1S/C20H40O/c1-5-6-13-18(2)14-10-8-7-9-11-15-19(3)16-12-17-20(4)21/h18-19H,5-17H2,1-4H3/t18-,19+/m0/s1. The Kier molecular flexibility index (Phi) is 14.4. The third-order valence-electron chi connectivity index (χ3n) is 4.67. The number of ketones is 1. The van der Waals surface area contributed by atoms with E-state index < -0.39 is 0 Å². The zero-order valence-corrected chi connectivity index (χ0v) is 15.3. The molecular formula is C20H40O. The fourth-order valence-corrected chi connectivity index (χ4v) is 3.06. The minimum atomic E-state index is 0.343. The molecule has 126 valence electrons. The molecule has 0 spiro atoms. The summed E-state index contributed by atoms with van der Waals surface area (Å²) in [6, 6.07) is 0. The Balaban J connectivity index is 3.26. The minimum absolute atomic E-state index is 0.343. The Morgan fingerprint density at radius 1 is 0.714 bits per heavy atom. The van der Waals surface area contributed by atoms with E-state index >= 15 is 0 Å². The van der Waals surface area contributed by atoms with Crippen molar-refractivity contribution in [3.63, 3.8) is 0 Å². The van der Waals surface area contributed by atoms with E-state index in [9.17, 15) is 4.79 Å². The van der Waals surface area contributed by atoms with E-state index in [1.165, 1.54) is 70.6 Å². The van der Waals surface area contributed by atoms with Crippen molar-refractivity contribution in [2.75, 3.05) is 0 Å². The lowest BCUT2D eigenvalue weighted by Gasteiger charge is -2.11. The Bertz CT molecular complexity index is 234. The molecule has 0 unspecified atom stereocenters. The van der Waals surface area contributed by atoms with Crippen LogP contribution in [0, 0.1) is 11.8 Å². The van der Waals surface area contributed by atoms with E-state index in [2.05, 4.69) is 20.8 Å². The first-order valence-electron chi connectivity index (χ1n) is 9.55. The van der Waals surface area contributed by atoms with Crippen LogP contribution in [0.4, 0.5) is 0 Å². The highest BCUT2D eigenvalue weighted by atomic mass is 16.1. The fraction of sp³-hybridized carbons (Fsp3) is 0.950. The third-order valence-corrected chi connectivity index (χ3v) is 4.67. The maximum Gasteiger partial charge on any atom is 0.129 e. The summed E-state index contributed by atoms with van der Waals surface area (Å²) in [5.41, 5.74) is 0. The van der Waals surface area contributed by atoms with Crippen LogP contribution in [0.25, 0.3) is 0 Å². The number of carbonyl (C=O) groups excluding carboxylic acids is 1. The minimum Gasteiger partial charge on any atom is -0.300 e. The van der Waals surface area contributed by atoms with Crippen LogP contribution in [0.15, 0.2) is 0 Å². The molecule has 0 aromatic heterocycles. The Labute approximate surface area is 134 Å². The summed E-state index contributed by atoms with van der Waals surface area (Å²) in [6.07, 6.45) is 17.1. The highest BCUT2D eigenvalue weighted by Gasteiger charge is 2.04. The van der Waals surface area contributed by atoms with Crippen molar-refractivity contribution in [1.29, 1.82) is 0 Å². The SMILES string of the molecule is CCCC[C@H](C)CCCCCCC[C@@H](C)CCCC(C)=O. The zero-order chi connectivity index (χ0) is 15.9. The van der Waals surface area contributed by atoms with Crippen molar-refractivity contribution in [2.45, 2.75) is 111 Å². The molecule has 0 fully saturated rings. The summed E-state index contributed by atoms with van der Waals surface area (Å²) < 4.78 is 0. The Morgan fingerprint density at radius 2 is 1.14 bits per heavy atom. The lowest BCUT2D eigenvalue weighted by atomic mass is 9.95. The van der Waals surface area contributed by atoms with Gasteiger partial charge in [0.1, 0.15) is 5.78 Å². The van der Waals surface area contributed by atoms with Crippen LogP contribution in [-0.4, -0.2) is 5.78 Å². The van der Waals surface area contributed by atoms with Crippen LogP contribution in [0.5, 0.6) is 0 Å². The van der Waals surface area contributed by atoms with Gasteiger partial charge in [-0.15, -0.1) is 0 Å². The Hall–Kier alpha value is -0.330. The highest BCUT2D eigenvalue weighted by molar-refractivity contribution is 5.75. The first kappa shape index (κ1) is 20.7. The highest BCUT2D eigenvalue weighted by Crippen LogP contribution is 2.19. The molecule has 0 aliphatic heterocycles. The number of Topliss-reactive ketones (excluding diaryl/α,β-unsaturated/α-hetero) is 1. The summed E-state index contributed by atoms with van der Waals surface area (Å²) in [6.45, 7) is 8.75. The second-order valence-corrected chi connectivity index (χ2v) is 7.29. The summed E-state index contributed by atoms with van der Waals surface area (Å²) in [5, 5.41) is 0. The van der Waals surface area contributed by atoms with Crippen molar-refractivity contribution < 1.29 is 4.79 Å². The van der Waals surface area contributed by atoms with Gasteiger partial charge in [-0.2, -0.15) is 0 Å². The summed E-state index contributed by atoms with van der Waals surface area (Å²) >= 11 is 0. The monoisotopic (exact) mass is 296 g/mol. The van der Waals surface area contributed by atoms with E-state index in [4.69, 9.17) is 0 Å². The summed E-state index contributed by atoms with van der Waals surface area (Å²) in [5.74, 6) is 2.08. The van der Waals surface area contributed by atoms with Crippen LogP contribution in [0.3, 0.4) is 0 Å². The second-order valence-electron chi connectivity index (χ2n) is 7.29. The quantitative estimate of drug-likeness (QED) is 0.299. The van der Waals surface area contributed by atoms with Crippen molar-refractivity contribution >= 4 is 5.78 Å². The van der Waals surface area contributed by atoms with Crippen molar-refractivity contribution in [3.8, 4) is 0 Å². The predicted octanol–water partition coefficient (Wildman–Crippen LogP) is 6.94. The molecule has 0 heterocycles. The van der Waals surface area contributed by atoms with Crippen molar-refractivity contribution in [3.05, 3.63) is 0 Å².